The number of halogens is 1. The van der Waals surface area contributed by atoms with Gasteiger partial charge in [0.1, 0.15) is 17.7 Å². The van der Waals surface area contributed by atoms with E-state index in [1.807, 2.05) is 56.4 Å². The Balaban J connectivity index is 1.62. The van der Waals surface area contributed by atoms with Crippen molar-refractivity contribution in [3.8, 4) is 17.2 Å². The summed E-state index contributed by atoms with van der Waals surface area (Å²) in [4.78, 5) is 21.1. The van der Waals surface area contributed by atoms with E-state index in [-0.39, 0.29) is 29.5 Å². The molecule has 4 rings (SSSR count). The smallest absolute Gasteiger partial charge is 0.253 e. The summed E-state index contributed by atoms with van der Waals surface area (Å²) in [6.07, 6.45) is 5.45. The molecule has 0 saturated carbocycles. The zero-order chi connectivity index (χ0) is 26.5. The van der Waals surface area contributed by atoms with Gasteiger partial charge in [0.15, 0.2) is 0 Å². The molecule has 0 unspecified atom stereocenters. The molecule has 2 N–H and O–H groups in total. The molecule has 186 valence electrons. The van der Waals surface area contributed by atoms with Crippen LogP contribution in [0.15, 0.2) is 83.0 Å². The van der Waals surface area contributed by atoms with E-state index in [1.54, 1.807) is 29.8 Å². The Labute approximate surface area is 215 Å². The number of hydrogen-bond donors (Lipinski definition) is 1. The number of rotatable bonds is 7. The van der Waals surface area contributed by atoms with Gasteiger partial charge in [0, 0.05) is 35.8 Å². The van der Waals surface area contributed by atoms with E-state index in [4.69, 9.17) is 11.0 Å². The molecule has 0 fully saturated rings. The normalized spacial score (nSPS) is 11.5. The Bertz CT molecular complexity index is 1580. The van der Waals surface area contributed by atoms with Crippen LogP contribution in [0.1, 0.15) is 53.3 Å². The number of amidine groups is 1. The molecular formula is C30H28FN5O. The largest absolute Gasteiger partial charge is 0.383 e. The third-order valence-corrected chi connectivity index (χ3v) is 6.15. The van der Waals surface area contributed by atoms with Gasteiger partial charge in [0.05, 0.1) is 17.7 Å². The average molecular weight is 494 g/mol. The molecule has 0 aliphatic heterocycles. The maximum Gasteiger partial charge on any atom is 0.253 e. The number of aromatic nitrogens is 2. The van der Waals surface area contributed by atoms with Gasteiger partial charge in [-0.1, -0.05) is 30.3 Å². The fourth-order valence-corrected chi connectivity index (χ4v) is 4.28. The highest BCUT2D eigenvalue weighted by atomic mass is 19.1. The van der Waals surface area contributed by atoms with Crippen molar-refractivity contribution in [2.75, 3.05) is 0 Å². The van der Waals surface area contributed by atoms with Crippen LogP contribution < -0.4 is 11.3 Å². The molecule has 37 heavy (non-hydrogen) atoms. The van der Waals surface area contributed by atoms with Crippen LogP contribution in [0.25, 0.3) is 11.1 Å². The molecular weight excluding hydrogens is 465 g/mol. The minimum absolute atomic E-state index is 0.0127. The van der Waals surface area contributed by atoms with Gasteiger partial charge in [-0.3, -0.25) is 14.8 Å². The highest BCUT2D eigenvalue weighted by Gasteiger charge is 2.15. The van der Waals surface area contributed by atoms with Crippen molar-refractivity contribution in [1.82, 2.24) is 9.55 Å². The predicted octanol–water partition coefficient (Wildman–Crippen LogP) is 5.31. The molecule has 2 aromatic carbocycles. The molecule has 0 bridgehead atoms. The zero-order valence-electron chi connectivity index (χ0n) is 21.1. The Morgan fingerprint density at radius 2 is 1.89 bits per heavy atom. The quantitative estimate of drug-likeness (QED) is 0.279. The summed E-state index contributed by atoms with van der Waals surface area (Å²) in [7, 11) is 0. The summed E-state index contributed by atoms with van der Waals surface area (Å²) in [6.45, 7) is 5.95. The average Bonchev–Trinajstić information content (AvgIpc) is 2.89. The van der Waals surface area contributed by atoms with Crippen LogP contribution in [0.2, 0.25) is 0 Å². The van der Waals surface area contributed by atoms with Crippen molar-refractivity contribution in [2.45, 2.75) is 39.8 Å². The first-order valence-corrected chi connectivity index (χ1v) is 12.0. The molecule has 0 aliphatic carbocycles. The molecule has 0 spiro atoms. The number of hydrogen-bond acceptors (Lipinski definition) is 4. The molecule has 0 saturated heterocycles. The lowest BCUT2D eigenvalue weighted by atomic mass is 9.98. The molecule has 0 aliphatic rings. The number of nitrogens with zero attached hydrogens (tertiary/aromatic N) is 4. The third-order valence-electron chi connectivity index (χ3n) is 6.15. The Hall–Kier alpha value is -4.57. The number of benzene rings is 2. The molecule has 6 nitrogen and oxygen atoms in total. The molecule has 2 aromatic heterocycles. The van der Waals surface area contributed by atoms with Crippen LogP contribution in [0, 0.1) is 24.1 Å². The van der Waals surface area contributed by atoms with Gasteiger partial charge in [-0.05, 0) is 73.7 Å². The van der Waals surface area contributed by atoms with Crippen molar-refractivity contribution in [3.05, 3.63) is 123 Å². The number of nitriles is 1. The van der Waals surface area contributed by atoms with Gasteiger partial charge < -0.3 is 10.3 Å². The SMILES string of the molecule is Cc1cc(Cc2cccc(F)c2C(N)=NCc2cccc(-c3cncc(C#N)c3)c2)cn(C(C)C)c1=O. The third kappa shape index (κ3) is 5.81. The van der Waals surface area contributed by atoms with E-state index in [1.165, 1.54) is 12.3 Å². The lowest BCUT2D eigenvalue weighted by molar-refractivity contribution is 0.572. The molecule has 7 heteroatoms. The van der Waals surface area contributed by atoms with Crippen molar-refractivity contribution >= 4 is 5.84 Å². The first-order valence-electron chi connectivity index (χ1n) is 12.0. The van der Waals surface area contributed by atoms with Gasteiger partial charge in [0.2, 0.25) is 0 Å². The van der Waals surface area contributed by atoms with Crippen LogP contribution >= 0.6 is 0 Å². The van der Waals surface area contributed by atoms with Crippen LogP contribution in [0.4, 0.5) is 4.39 Å². The highest BCUT2D eigenvalue weighted by molar-refractivity contribution is 5.99. The molecule has 4 aromatic rings. The summed E-state index contributed by atoms with van der Waals surface area (Å²) in [5.74, 6) is -0.332. The summed E-state index contributed by atoms with van der Waals surface area (Å²) < 4.78 is 16.7. The molecule has 2 heterocycles. The number of nitrogens with two attached hydrogens (primary N) is 1. The van der Waals surface area contributed by atoms with Crippen molar-refractivity contribution in [2.24, 2.45) is 10.7 Å². The van der Waals surface area contributed by atoms with Gasteiger partial charge in [-0.2, -0.15) is 5.26 Å². The van der Waals surface area contributed by atoms with Crippen LogP contribution in [0.3, 0.4) is 0 Å². The lowest BCUT2D eigenvalue weighted by Gasteiger charge is -2.15. The van der Waals surface area contributed by atoms with Crippen LogP contribution in [-0.2, 0) is 13.0 Å². The lowest BCUT2D eigenvalue weighted by Crippen LogP contribution is -2.24. The second kappa shape index (κ2) is 11.0. The van der Waals surface area contributed by atoms with E-state index in [9.17, 15) is 9.18 Å². The standard InChI is InChI=1S/C30H28FN5O/c1-19(2)36-18-22(10-20(3)30(36)37)12-25-8-5-9-27(31)28(25)29(33)35-16-21-6-4-7-24(11-21)26-13-23(14-32)15-34-17-26/h4-11,13,15,17-19H,12,16H2,1-3H3,(H2,33,35). The summed E-state index contributed by atoms with van der Waals surface area (Å²) in [5.41, 5.74) is 11.9. The maximum absolute atomic E-state index is 15.0. The van der Waals surface area contributed by atoms with Crippen LogP contribution in [-0.4, -0.2) is 15.4 Å². The summed E-state index contributed by atoms with van der Waals surface area (Å²) in [6, 6.07) is 18.3. The summed E-state index contributed by atoms with van der Waals surface area (Å²) >= 11 is 0. The zero-order valence-corrected chi connectivity index (χ0v) is 21.1. The fraction of sp³-hybridized carbons (Fsp3) is 0.200. The maximum atomic E-state index is 15.0. The minimum Gasteiger partial charge on any atom is -0.383 e. The first kappa shape index (κ1) is 25.5. The molecule has 0 atom stereocenters. The van der Waals surface area contributed by atoms with E-state index >= 15 is 0 Å². The monoisotopic (exact) mass is 493 g/mol. The Morgan fingerprint density at radius 1 is 1.11 bits per heavy atom. The number of aryl methyl sites for hydroxylation is 1. The van der Waals surface area contributed by atoms with Crippen molar-refractivity contribution in [1.29, 1.82) is 5.26 Å². The second-order valence-electron chi connectivity index (χ2n) is 9.26. The van der Waals surface area contributed by atoms with Gasteiger partial charge in [-0.15, -0.1) is 0 Å². The highest BCUT2D eigenvalue weighted by Crippen LogP contribution is 2.22. The van der Waals surface area contributed by atoms with Crippen molar-refractivity contribution < 1.29 is 4.39 Å². The first-order chi connectivity index (χ1) is 17.8. The molecule has 0 radical (unpaired) electrons. The Kier molecular flexibility index (Phi) is 7.59. The van der Waals surface area contributed by atoms with E-state index in [0.29, 0.717) is 23.1 Å². The Morgan fingerprint density at radius 3 is 2.65 bits per heavy atom. The topological polar surface area (TPSA) is 97.1 Å². The summed E-state index contributed by atoms with van der Waals surface area (Å²) in [5, 5.41) is 9.15. The van der Waals surface area contributed by atoms with Crippen LogP contribution in [0.5, 0.6) is 0 Å². The molecule has 0 amide bonds. The second-order valence-corrected chi connectivity index (χ2v) is 9.26. The van der Waals surface area contributed by atoms with E-state index < -0.39 is 5.82 Å². The van der Waals surface area contributed by atoms with E-state index in [2.05, 4.69) is 16.0 Å². The van der Waals surface area contributed by atoms with E-state index in [0.717, 1.165) is 22.3 Å². The minimum atomic E-state index is -0.444. The van der Waals surface area contributed by atoms with Crippen molar-refractivity contribution in [3.63, 3.8) is 0 Å². The van der Waals surface area contributed by atoms with Gasteiger partial charge >= 0.3 is 0 Å². The number of pyridine rings is 2. The number of aliphatic imine (C=N–C) groups is 1. The predicted molar refractivity (Wildman–Crippen MR) is 144 cm³/mol. The van der Waals surface area contributed by atoms with Gasteiger partial charge in [-0.25, -0.2) is 4.39 Å². The van der Waals surface area contributed by atoms with Gasteiger partial charge in [0.25, 0.3) is 5.56 Å². The fourth-order valence-electron chi connectivity index (χ4n) is 4.28.